The standard InChI is InChI=1S/C50H33NS/c1-2-12-39(13-3-1)45-16-9-19-48-49(45)46-17-8-18-47(50(46)52-48)51(44-31-28-35-11-5-7-15-41(35)33-44)43-29-26-37(27-30-43)36-20-22-38(23-21-36)42-25-24-34-10-4-6-14-40(34)32-42/h1-33H. The predicted octanol–water partition coefficient (Wildman–Crippen LogP) is 14.8. The zero-order chi connectivity index (χ0) is 34.4. The van der Waals surface area contributed by atoms with E-state index in [-0.39, 0.29) is 0 Å². The molecule has 0 atom stereocenters. The van der Waals surface area contributed by atoms with Gasteiger partial charge in [0.05, 0.1) is 10.4 Å². The molecule has 0 saturated heterocycles. The minimum absolute atomic E-state index is 1.13. The molecule has 10 aromatic rings. The molecule has 0 aliphatic heterocycles. The average Bonchev–Trinajstić information content (AvgIpc) is 3.61. The monoisotopic (exact) mass is 679 g/mol. The molecule has 9 aromatic carbocycles. The molecule has 0 aliphatic carbocycles. The quantitative estimate of drug-likeness (QED) is 0.169. The molecule has 244 valence electrons. The number of hydrogen-bond donors (Lipinski definition) is 0. The summed E-state index contributed by atoms with van der Waals surface area (Å²) in [6.45, 7) is 0. The van der Waals surface area contributed by atoms with Crippen molar-refractivity contribution in [3.05, 3.63) is 200 Å². The molecule has 0 fully saturated rings. The summed E-state index contributed by atoms with van der Waals surface area (Å²) in [7, 11) is 0. The summed E-state index contributed by atoms with van der Waals surface area (Å²) in [6.07, 6.45) is 0. The Morgan fingerprint density at radius 3 is 1.63 bits per heavy atom. The van der Waals surface area contributed by atoms with Crippen LogP contribution in [0.15, 0.2) is 200 Å². The molecule has 2 heteroatoms. The lowest BCUT2D eigenvalue weighted by Crippen LogP contribution is -2.10. The third kappa shape index (κ3) is 5.33. The Bertz CT molecular complexity index is 2890. The van der Waals surface area contributed by atoms with Gasteiger partial charge in [-0.2, -0.15) is 0 Å². The summed E-state index contributed by atoms with van der Waals surface area (Å²) in [5.74, 6) is 0. The Hall–Kier alpha value is -6.48. The van der Waals surface area contributed by atoms with Gasteiger partial charge < -0.3 is 4.90 Å². The van der Waals surface area contributed by atoms with Gasteiger partial charge in [-0.25, -0.2) is 0 Å². The zero-order valence-corrected chi connectivity index (χ0v) is 29.2. The molecule has 0 aliphatic rings. The van der Waals surface area contributed by atoms with Crippen molar-refractivity contribution in [3.8, 4) is 33.4 Å². The number of anilines is 3. The van der Waals surface area contributed by atoms with Gasteiger partial charge in [0.1, 0.15) is 0 Å². The SMILES string of the molecule is c1ccc(-c2cccc3sc4c(N(c5ccc(-c6ccc(-c7ccc8ccccc8c7)cc6)cc5)c5ccc6ccccc6c5)cccc4c23)cc1. The first-order valence-electron chi connectivity index (χ1n) is 17.8. The Morgan fingerprint density at radius 1 is 0.346 bits per heavy atom. The van der Waals surface area contributed by atoms with Gasteiger partial charge in [0, 0.05) is 26.8 Å². The highest BCUT2D eigenvalue weighted by Gasteiger charge is 2.20. The van der Waals surface area contributed by atoms with Gasteiger partial charge >= 0.3 is 0 Å². The van der Waals surface area contributed by atoms with Crippen LogP contribution in [-0.4, -0.2) is 0 Å². The second-order valence-electron chi connectivity index (χ2n) is 13.4. The first-order valence-corrected chi connectivity index (χ1v) is 18.6. The molecule has 1 heterocycles. The van der Waals surface area contributed by atoms with E-state index in [1.54, 1.807) is 0 Å². The van der Waals surface area contributed by atoms with E-state index in [1.807, 2.05) is 11.3 Å². The second kappa shape index (κ2) is 12.7. The molecular weight excluding hydrogens is 647 g/mol. The molecule has 0 spiro atoms. The van der Waals surface area contributed by atoms with Crippen LogP contribution >= 0.6 is 11.3 Å². The van der Waals surface area contributed by atoms with Crippen molar-refractivity contribution < 1.29 is 0 Å². The first kappa shape index (κ1) is 30.4. The minimum atomic E-state index is 1.13. The maximum Gasteiger partial charge on any atom is 0.0640 e. The number of fused-ring (bicyclic) bond motifs is 5. The van der Waals surface area contributed by atoms with Gasteiger partial charge in [0.2, 0.25) is 0 Å². The van der Waals surface area contributed by atoms with Gasteiger partial charge in [-0.05, 0) is 97.4 Å². The number of thiophene rings is 1. The number of hydrogen-bond acceptors (Lipinski definition) is 2. The molecule has 10 rings (SSSR count). The lowest BCUT2D eigenvalue weighted by Gasteiger charge is -2.26. The lowest BCUT2D eigenvalue weighted by atomic mass is 9.98. The number of rotatable bonds is 6. The van der Waals surface area contributed by atoms with Crippen LogP contribution in [0.2, 0.25) is 0 Å². The van der Waals surface area contributed by atoms with Crippen LogP contribution in [0.4, 0.5) is 17.1 Å². The topological polar surface area (TPSA) is 3.24 Å². The van der Waals surface area contributed by atoms with Crippen molar-refractivity contribution in [1.82, 2.24) is 0 Å². The fourth-order valence-electron chi connectivity index (χ4n) is 7.64. The smallest absolute Gasteiger partial charge is 0.0640 e. The van der Waals surface area contributed by atoms with E-state index in [0.29, 0.717) is 0 Å². The molecule has 52 heavy (non-hydrogen) atoms. The molecule has 1 nitrogen and oxygen atoms in total. The van der Waals surface area contributed by atoms with Gasteiger partial charge in [-0.1, -0.05) is 158 Å². The van der Waals surface area contributed by atoms with Crippen molar-refractivity contribution in [3.63, 3.8) is 0 Å². The van der Waals surface area contributed by atoms with E-state index in [1.165, 1.54) is 80.8 Å². The minimum Gasteiger partial charge on any atom is -0.309 e. The fraction of sp³-hybridized carbons (Fsp3) is 0. The third-order valence-electron chi connectivity index (χ3n) is 10.2. The predicted molar refractivity (Wildman–Crippen MR) is 225 cm³/mol. The summed E-state index contributed by atoms with van der Waals surface area (Å²) in [4.78, 5) is 2.43. The largest absolute Gasteiger partial charge is 0.309 e. The molecule has 0 N–H and O–H groups in total. The summed E-state index contributed by atoms with van der Waals surface area (Å²) < 4.78 is 2.58. The van der Waals surface area contributed by atoms with Crippen LogP contribution in [0.1, 0.15) is 0 Å². The molecule has 0 bridgehead atoms. The summed E-state index contributed by atoms with van der Waals surface area (Å²) in [6, 6.07) is 72.9. The average molecular weight is 680 g/mol. The van der Waals surface area contributed by atoms with Crippen molar-refractivity contribution >= 4 is 70.1 Å². The van der Waals surface area contributed by atoms with Crippen LogP contribution < -0.4 is 4.90 Å². The van der Waals surface area contributed by atoms with E-state index in [0.717, 1.165) is 11.4 Å². The summed E-state index contributed by atoms with van der Waals surface area (Å²) in [5, 5.41) is 7.59. The van der Waals surface area contributed by atoms with Crippen molar-refractivity contribution in [1.29, 1.82) is 0 Å². The second-order valence-corrected chi connectivity index (χ2v) is 14.4. The van der Waals surface area contributed by atoms with Gasteiger partial charge in [-0.3, -0.25) is 0 Å². The maximum atomic E-state index is 2.43. The highest BCUT2D eigenvalue weighted by atomic mass is 32.1. The van der Waals surface area contributed by atoms with Gasteiger partial charge in [-0.15, -0.1) is 11.3 Å². The summed E-state index contributed by atoms with van der Waals surface area (Å²) in [5.41, 5.74) is 10.8. The third-order valence-corrected chi connectivity index (χ3v) is 11.4. The molecule has 0 radical (unpaired) electrons. The van der Waals surface area contributed by atoms with Crippen molar-refractivity contribution in [2.45, 2.75) is 0 Å². The normalized spacial score (nSPS) is 11.5. The Kier molecular flexibility index (Phi) is 7.41. The van der Waals surface area contributed by atoms with Crippen LogP contribution in [0.25, 0.3) is 75.1 Å². The van der Waals surface area contributed by atoms with E-state index >= 15 is 0 Å². The van der Waals surface area contributed by atoms with E-state index in [4.69, 9.17) is 0 Å². The highest BCUT2D eigenvalue weighted by molar-refractivity contribution is 7.26. The van der Waals surface area contributed by atoms with Crippen LogP contribution in [0, 0.1) is 0 Å². The Balaban J connectivity index is 1.07. The number of benzene rings is 9. The van der Waals surface area contributed by atoms with Crippen molar-refractivity contribution in [2.75, 3.05) is 4.90 Å². The van der Waals surface area contributed by atoms with Crippen LogP contribution in [0.3, 0.4) is 0 Å². The van der Waals surface area contributed by atoms with Gasteiger partial charge in [0.25, 0.3) is 0 Å². The summed E-state index contributed by atoms with van der Waals surface area (Å²) >= 11 is 1.88. The Labute approximate surface area is 307 Å². The van der Waals surface area contributed by atoms with E-state index in [9.17, 15) is 0 Å². The lowest BCUT2D eigenvalue weighted by molar-refractivity contribution is 1.31. The molecular formula is C50H33NS. The molecule has 0 saturated carbocycles. The van der Waals surface area contributed by atoms with Crippen LogP contribution in [0.5, 0.6) is 0 Å². The molecule has 0 unspecified atom stereocenters. The molecule has 0 amide bonds. The van der Waals surface area contributed by atoms with Gasteiger partial charge in [0.15, 0.2) is 0 Å². The van der Waals surface area contributed by atoms with E-state index in [2.05, 4.69) is 205 Å². The van der Waals surface area contributed by atoms with Crippen LogP contribution in [-0.2, 0) is 0 Å². The maximum absolute atomic E-state index is 2.43. The first-order chi connectivity index (χ1) is 25.8. The van der Waals surface area contributed by atoms with Crippen molar-refractivity contribution in [2.24, 2.45) is 0 Å². The molecule has 1 aromatic heterocycles. The highest BCUT2D eigenvalue weighted by Crippen LogP contribution is 2.47. The Morgan fingerprint density at radius 2 is 0.904 bits per heavy atom. The zero-order valence-electron chi connectivity index (χ0n) is 28.4. The van der Waals surface area contributed by atoms with E-state index < -0.39 is 0 Å². The number of nitrogens with zero attached hydrogens (tertiary/aromatic N) is 1. The fourth-order valence-corrected chi connectivity index (χ4v) is 8.87.